The van der Waals surface area contributed by atoms with Crippen molar-refractivity contribution in [2.24, 2.45) is 5.73 Å². The number of rotatable bonds is 2. The van der Waals surface area contributed by atoms with Gasteiger partial charge in [0.2, 0.25) is 0 Å². The first-order chi connectivity index (χ1) is 7.77. The highest BCUT2D eigenvalue weighted by Gasteiger charge is 2.40. The van der Waals surface area contributed by atoms with Crippen LogP contribution in [0.1, 0.15) is 36.6 Å². The van der Waals surface area contributed by atoms with E-state index in [4.69, 9.17) is 5.73 Å². The van der Waals surface area contributed by atoms with Crippen molar-refractivity contribution in [3.8, 4) is 0 Å². The van der Waals surface area contributed by atoms with Gasteiger partial charge < -0.3 is 5.73 Å². The fourth-order valence-corrected chi connectivity index (χ4v) is 4.53. The Bertz CT molecular complexity index is 375. The van der Waals surface area contributed by atoms with E-state index < -0.39 is 0 Å². The Morgan fingerprint density at radius 3 is 2.81 bits per heavy atom. The van der Waals surface area contributed by atoms with Gasteiger partial charge in [-0.3, -0.25) is 4.90 Å². The molecule has 88 valence electrons. The molecule has 1 saturated heterocycles. The lowest BCUT2D eigenvalue weighted by Gasteiger charge is -2.39. The van der Waals surface area contributed by atoms with Gasteiger partial charge >= 0.3 is 0 Å². The molecule has 0 aromatic carbocycles. The molecule has 1 aromatic rings. The van der Waals surface area contributed by atoms with E-state index in [1.54, 1.807) is 0 Å². The summed E-state index contributed by atoms with van der Waals surface area (Å²) < 4.78 is 1.24. The minimum atomic E-state index is 0.310. The summed E-state index contributed by atoms with van der Waals surface area (Å²) in [6.45, 7) is 1.23. The van der Waals surface area contributed by atoms with E-state index in [0.29, 0.717) is 12.1 Å². The van der Waals surface area contributed by atoms with Crippen molar-refractivity contribution in [2.45, 2.75) is 43.8 Å². The van der Waals surface area contributed by atoms with Gasteiger partial charge in [0.05, 0.1) is 6.04 Å². The maximum absolute atomic E-state index is 6.34. The van der Waals surface area contributed by atoms with Crippen LogP contribution in [0.3, 0.4) is 0 Å². The summed E-state index contributed by atoms with van der Waals surface area (Å²) in [6.07, 6.45) is 5.16. The van der Waals surface area contributed by atoms with Crippen molar-refractivity contribution in [3.05, 3.63) is 20.8 Å². The van der Waals surface area contributed by atoms with Gasteiger partial charge in [-0.15, -0.1) is 11.3 Å². The molecule has 1 saturated carbocycles. The largest absolute Gasteiger partial charge is 0.326 e. The van der Waals surface area contributed by atoms with Gasteiger partial charge in [-0.05, 0) is 59.6 Å². The molecule has 2 atom stereocenters. The number of likely N-dealkylation sites (tertiary alicyclic amines) is 1. The monoisotopic (exact) mass is 300 g/mol. The van der Waals surface area contributed by atoms with Crippen LogP contribution in [0.4, 0.5) is 0 Å². The first-order valence-corrected chi connectivity index (χ1v) is 7.69. The van der Waals surface area contributed by atoms with Gasteiger partial charge in [0.25, 0.3) is 0 Å². The molecule has 0 amide bonds. The zero-order valence-electron chi connectivity index (χ0n) is 9.23. The van der Waals surface area contributed by atoms with Crippen LogP contribution >= 0.6 is 27.3 Å². The Morgan fingerprint density at radius 1 is 1.38 bits per heavy atom. The number of thiophene rings is 1. The van der Waals surface area contributed by atoms with E-state index in [2.05, 4.69) is 32.3 Å². The molecular formula is C12H17BrN2S. The number of hydrogen-bond acceptors (Lipinski definition) is 3. The average Bonchev–Trinajstić information content (AvgIpc) is 3.03. The summed E-state index contributed by atoms with van der Waals surface area (Å²) in [7, 11) is 0. The van der Waals surface area contributed by atoms with Gasteiger partial charge in [-0.1, -0.05) is 0 Å². The van der Waals surface area contributed by atoms with Crippen LogP contribution in [0.5, 0.6) is 0 Å². The van der Waals surface area contributed by atoms with E-state index in [9.17, 15) is 0 Å². The molecule has 16 heavy (non-hydrogen) atoms. The van der Waals surface area contributed by atoms with Crippen LogP contribution in [0, 0.1) is 0 Å². The van der Waals surface area contributed by atoms with Crippen LogP contribution in [0.25, 0.3) is 0 Å². The highest BCUT2D eigenvalue weighted by molar-refractivity contribution is 9.10. The standard InChI is InChI=1S/C12H17BrN2S/c13-9-5-7-16-12(9)11-10(14)2-1-6-15(11)8-3-4-8/h5,7-8,10-11H,1-4,6,14H2. The Balaban J connectivity index is 1.90. The highest BCUT2D eigenvalue weighted by atomic mass is 79.9. The molecule has 2 aliphatic rings. The van der Waals surface area contributed by atoms with Crippen LogP contribution < -0.4 is 5.73 Å². The van der Waals surface area contributed by atoms with E-state index in [0.717, 1.165) is 12.5 Å². The quantitative estimate of drug-likeness (QED) is 0.909. The third kappa shape index (κ3) is 1.96. The average molecular weight is 301 g/mol. The van der Waals surface area contributed by atoms with Crippen LogP contribution in [-0.2, 0) is 0 Å². The molecule has 0 bridgehead atoms. The topological polar surface area (TPSA) is 29.3 Å². The molecule has 2 heterocycles. The van der Waals surface area contributed by atoms with Gasteiger partial charge in [0.1, 0.15) is 0 Å². The fraction of sp³-hybridized carbons (Fsp3) is 0.667. The van der Waals surface area contributed by atoms with E-state index in [1.807, 2.05) is 11.3 Å². The van der Waals surface area contributed by atoms with Crippen molar-refractivity contribution in [3.63, 3.8) is 0 Å². The third-order valence-electron chi connectivity index (χ3n) is 3.65. The lowest BCUT2D eigenvalue weighted by molar-refractivity contribution is 0.122. The third-order valence-corrected chi connectivity index (χ3v) is 5.59. The van der Waals surface area contributed by atoms with Gasteiger partial charge in [-0.2, -0.15) is 0 Å². The lowest BCUT2D eigenvalue weighted by atomic mass is 9.95. The van der Waals surface area contributed by atoms with Crippen molar-refractivity contribution >= 4 is 27.3 Å². The zero-order chi connectivity index (χ0) is 11.1. The van der Waals surface area contributed by atoms with E-state index in [1.165, 1.54) is 35.2 Å². The first-order valence-electron chi connectivity index (χ1n) is 6.01. The maximum atomic E-state index is 6.34. The van der Waals surface area contributed by atoms with Crippen molar-refractivity contribution in [2.75, 3.05) is 6.54 Å². The summed E-state index contributed by atoms with van der Waals surface area (Å²) in [5, 5.41) is 2.16. The molecule has 4 heteroatoms. The predicted octanol–water partition coefficient (Wildman–Crippen LogP) is 3.14. The summed E-state index contributed by atoms with van der Waals surface area (Å²) >= 11 is 5.49. The number of nitrogens with zero attached hydrogens (tertiary/aromatic N) is 1. The summed E-state index contributed by atoms with van der Waals surface area (Å²) in [5.41, 5.74) is 6.34. The number of piperidine rings is 1. The predicted molar refractivity (Wildman–Crippen MR) is 71.7 cm³/mol. The Kier molecular flexibility index (Phi) is 3.09. The highest BCUT2D eigenvalue weighted by Crippen LogP contribution is 2.43. The lowest BCUT2D eigenvalue weighted by Crippen LogP contribution is -2.46. The molecule has 1 aromatic heterocycles. The summed E-state index contributed by atoms with van der Waals surface area (Å²) in [4.78, 5) is 4.07. The van der Waals surface area contributed by atoms with Crippen molar-refractivity contribution < 1.29 is 0 Å². The smallest absolute Gasteiger partial charge is 0.0607 e. The Hall–Kier alpha value is 0.100. The first kappa shape index (κ1) is 11.2. The van der Waals surface area contributed by atoms with Crippen molar-refractivity contribution in [1.82, 2.24) is 4.90 Å². The normalized spacial score (nSPS) is 31.9. The Labute approximate surface area is 109 Å². The zero-order valence-corrected chi connectivity index (χ0v) is 11.6. The number of halogens is 1. The SMILES string of the molecule is NC1CCCN(C2CC2)C1c1sccc1Br. The summed E-state index contributed by atoms with van der Waals surface area (Å²) in [5.74, 6) is 0. The molecule has 2 N–H and O–H groups in total. The van der Waals surface area contributed by atoms with Crippen molar-refractivity contribution in [1.29, 1.82) is 0 Å². The van der Waals surface area contributed by atoms with Gasteiger partial charge in [0.15, 0.2) is 0 Å². The molecule has 3 rings (SSSR count). The molecule has 1 aliphatic carbocycles. The number of hydrogen-bond donors (Lipinski definition) is 1. The van der Waals surface area contributed by atoms with Gasteiger partial charge in [-0.25, -0.2) is 0 Å². The molecule has 2 unspecified atom stereocenters. The maximum Gasteiger partial charge on any atom is 0.0607 e. The summed E-state index contributed by atoms with van der Waals surface area (Å²) in [6, 6.07) is 3.72. The van der Waals surface area contributed by atoms with Gasteiger partial charge in [0, 0.05) is 21.4 Å². The van der Waals surface area contributed by atoms with Crippen LogP contribution in [0.15, 0.2) is 15.9 Å². The minimum absolute atomic E-state index is 0.310. The molecular weight excluding hydrogens is 284 g/mol. The molecule has 1 aliphatic heterocycles. The second-order valence-corrected chi connectivity index (χ2v) is 6.65. The van der Waals surface area contributed by atoms with Crippen LogP contribution in [0.2, 0.25) is 0 Å². The van der Waals surface area contributed by atoms with E-state index in [-0.39, 0.29) is 0 Å². The second-order valence-electron chi connectivity index (χ2n) is 4.85. The molecule has 2 nitrogen and oxygen atoms in total. The fourth-order valence-electron chi connectivity index (χ4n) is 2.73. The minimum Gasteiger partial charge on any atom is -0.326 e. The Morgan fingerprint density at radius 2 is 2.19 bits per heavy atom. The number of nitrogens with two attached hydrogens (primary N) is 1. The molecule has 2 fully saturated rings. The van der Waals surface area contributed by atoms with Crippen LogP contribution in [-0.4, -0.2) is 23.5 Å². The molecule has 0 radical (unpaired) electrons. The second kappa shape index (κ2) is 4.41. The van der Waals surface area contributed by atoms with E-state index >= 15 is 0 Å². The molecule has 0 spiro atoms.